The molecule has 0 saturated carbocycles. The van der Waals surface area contributed by atoms with E-state index in [0.29, 0.717) is 6.04 Å². The van der Waals surface area contributed by atoms with Gasteiger partial charge < -0.3 is 10.2 Å². The molecule has 0 amide bonds. The summed E-state index contributed by atoms with van der Waals surface area (Å²) in [7, 11) is 0. The van der Waals surface area contributed by atoms with Crippen LogP contribution in [0.5, 0.6) is 0 Å². The van der Waals surface area contributed by atoms with Crippen LogP contribution in [0.1, 0.15) is 43.9 Å². The highest BCUT2D eigenvalue weighted by Crippen LogP contribution is 2.29. The smallest absolute Gasteiger partial charge is 0.135 e. The van der Waals surface area contributed by atoms with Crippen molar-refractivity contribution in [1.29, 1.82) is 0 Å². The van der Waals surface area contributed by atoms with Crippen LogP contribution in [0.2, 0.25) is 0 Å². The molecule has 0 aromatic carbocycles. The number of hydrogen-bond donors (Lipinski definition) is 1. The molecule has 1 unspecified atom stereocenters. The molecule has 3 rings (SSSR count). The summed E-state index contributed by atoms with van der Waals surface area (Å²) in [4.78, 5) is 11.5. The number of aromatic nitrogens is 2. The molecular formula is C15H24N4. The van der Waals surface area contributed by atoms with E-state index in [2.05, 4.69) is 27.1 Å². The molecule has 0 bridgehead atoms. The van der Waals surface area contributed by atoms with E-state index < -0.39 is 0 Å². The van der Waals surface area contributed by atoms with Gasteiger partial charge in [0.1, 0.15) is 12.1 Å². The van der Waals surface area contributed by atoms with E-state index in [1.165, 1.54) is 42.8 Å². The van der Waals surface area contributed by atoms with E-state index in [1.807, 2.05) is 0 Å². The third kappa shape index (κ3) is 2.73. The summed E-state index contributed by atoms with van der Waals surface area (Å²) in [6.07, 6.45) is 9.06. The molecule has 0 radical (unpaired) electrons. The van der Waals surface area contributed by atoms with Crippen molar-refractivity contribution in [2.24, 2.45) is 0 Å². The quantitative estimate of drug-likeness (QED) is 0.898. The topological polar surface area (TPSA) is 41.0 Å². The average molecular weight is 260 g/mol. The molecule has 2 heterocycles. The predicted molar refractivity (Wildman–Crippen MR) is 77.6 cm³/mol. The van der Waals surface area contributed by atoms with Crippen LogP contribution in [0.15, 0.2) is 6.33 Å². The van der Waals surface area contributed by atoms with E-state index >= 15 is 0 Å². The molecule has 1 fully saturated rings. The number of piperidine rings is 1. The molecule has 1 atom stereocenters. The predicted octanol–water partition coefficient (Wildman–Crippen LogP) is 1.93. The van der Waals surface area contributed by atoms with E-state index in [4.69, 9.17) is 0 Å². The third-order valence-electron chi connectivity index (χ3n) is 4.26. The van der Waals surface area contributed by atoms with Gasteiger partial charge in [-0.3, -0.25) is 0 Å². The van der Waals surface area contributed by atoms with Gasteiger partial charge in [-0.15, -0.1) is 0 Å². The van der Waals surface area contributed by atoms with Crippen molar-refractivity contribution in [1.82, 2.24) is 15.3 Å². The van der Waals surface area contributed by atoms with E-state index in [-0.39, 0.29) is 0 Å². The van der Waals surface area contributed by atoms with E-state index in [0.717, 1.165) is 32.5 Å². The second kappa shape index (κ2) is 5.87. The number of rotatable bonds is 4. The maximum Gasteiger partial charge on any atom is 0.135 e. The van der Waals surface area contributed by atoms with Gasteiger partial charge in [0.05, 0.1) is 0 Å². The van der Waals surface area contributed by atoms with Crippen LogP contribution in [0.4, 0.5) is 5.82 Å². The Balaban J connectivity index is 1.73. The van der Waals surface area contributed by atoms with Crippen molar-refractivity contribution in [3.05, 3.63) is 17.6 Å². The molecular weight excluding hydrogens is 236 g/mol. The van der Waals surface area contributed by atoms with Crippen LogP contribution < -0.4 is 10.2 Å². The normalized spacial score (nSPS) is 22.6. The number of nitrogens with one attached hydrogen (secondary N) is 1. The Kier molecular flexibility index (Phi) is 3.97. The molecule has 1 aliphatic heterocycles. The summed E-state index contributed by atoms with van der Waals surface area (Å²) in [5.74, 6) is 1.21. The van der Waals surface area contributed by atoms with E-state index in [1.54, 1.807) is 6.33 Å². The summed E-state index contributed by atoms with van der Waals surface area (Å²) < 4.78 is 0. The SMILES string of the molecule is CCCNC1CCCN(c2ncnc3c2CCC3)C1. The monoisotopic (exact) mass is 260 g/mol. The molecule has 4 heteroatoms. The Hall–Kier alpha value is -1.16. The minimum absolute atomic E-state index is 0.626. The Bertz CT molecular complexity index is 432. The van der Waals surface area contributed by atoms with E-state index in [9.17, 15) is 0 Å². The number of fused-ring (bicyclic) bond motifs is 1. The molecule has 1 N–H and O–H groups in total. The lowest BCUT2D eigenvalue weighted by atomic mass is 10.0. The highest BCUT2D eigenvalue weighted by atomic mass is 15.2. The van der Waals surface area contributed by atoms with Gasteiger partial charge in [0.25, 0.3) is 0 Å². The second-order valence-electron chi connectivity index (χ2n) is 5.72. The average Bonchev–Trinajstić information content (AvgIpc) is 2.93. The number of nitrogens with zero attached hydrogens (tertiary/aromatic N) is 3. The minimum Gasteiger partial charge on any atom is -0.355 e. The van der Waals surface area contributed by atoms with Gasteiger partial charge >= 0.3 is 0 Å². The second-order valence-corrected chi connectivity index (χ2v) is 5.72. The maximum atomic E-state index is 4.58. The number of hydrogen-bond acceptors (Lipinski definition) is 4. The highest BCUT2D eigenvalue weighted by Gasteiger charge is 2.25. The lowest BCUT2D eigenvalue weighted by molar-refractivity contribution is 0.421. The van der Waals surface area contributed by atoms with Crippen LogP contribution in [0.3, 0.4) is 0 Å². The van der Waals surface area contributed by atoms with Crippen LogP contribution in [-0.2, 0) is 12.8 Å². The summed E-state index contributed by atoms with van der Waals surface area (Å²) in [6, 6.07) is 0.626. The zero-order valence-electron chi connectivity index (χ0n) is 11.9. The van der Waals surface area contributed by atoms with Gasteiger partial charge in [-0.25, -0.2) is 9.97 Å². The first-order valence-electron chi connectivity index (χ1n) is 7.69. The fraction of sp³-hybridized carbons (Fsp3) is 0.733. The summed E-state index contributed by atoms with van der Waals surface area (Å²) in [5, 5.41) is 3.65. The third-order valence-corrected chi connectivity index (χ3v) is 4.26. The molecule has 1 aromatic rings. The first-order valence-corrected chi connectivity index (χ1v) is 7.69. The van der Waals surface area contributed by atoms with Crippen molar-refractivity contribution in [3.63, 3.8) is 0 Å². The van der Waals surface area contributed by atoms with Gasteiger partial charge in [-0.1, -0.05) is 6.92 Å². The van der Waals surface area contributed by atoms with Gasteiger partial charge in [-0.05, 0) is 45.1 Å². The van der Waals surface area contributed by atoms with Crippen LogP contribution in [-0.4, -0.2) is 35.6 Å². The first-order chi connectivity index (χ1) is 9.38. The van der Waals surface area contributed by atoms with Crippen molar-refractivity contribution in [2.45, 2.75) is 51.5 Å². The van der Waals surface area contributed by atoms with Crippen molar-refractivity contribution in [2.75, 3.05) is 24.5 Å². The first kappa shape index (κ1) is 12.9. The standard InChI is InChI=1S/C15H24N4/c1-2-8-16-12-5-4-9-19(10-12)15-13-6-3-7-14(13)17-11-18-15/h11-12,16H,2-10H2,1H3. The van der Waals surface area contributed by atoms with Crippen LogP contribution in [0, 0.1) is 0 Å². The molecule has 104 valence electrons. The fourth-order valence-corrected chi connectivity index (χ4v) is 3.30. The Morgan fingerprint density at radius 1 is 1.32 bits per heavy atom. The number of aryl methyl sites for hydroxylation is 1. The lowest BCUT2D eigenvalue weighted by Crippen LogP contribution is -2.46. The van der Waals surface area contributed by atoms with Gasteiger partial charge in [0.2, 0.25) is 0 Å². The van der Waals surface area contributed by atoms with Crippen LogP contribution >= 0.6 is 0 Å². The van der Waals surface area contributed by atoms with Crippen molar-refractivity contribution >= 4 is 5.82 Å². The van der Waals surface area contributed by atoms with Gasteiger partial charge in [-0.2, -0.15) is 0 Å². The molecule has 0 spiro atoms. The number of anilines is 1. The Morgan fingerprint density at radius 2 is 2.26 bits per heavy atom. The minimum atomic E-state index is 0.626. The zero-order chi connectivity index (χ0) is 13.1. The molecule has 4 nitrogen and oxygen atoms in total. The highest BCUT2D eigenvalue weighted by molar-refractivity contribution is 5.50. The van der Waals surface area contributed by atoms with Crippen molar-refractivity contribution in [3.8, 4) is 0 Å². The molecule has 2 aliphatic rings. The maximum absolute atomic E-state index is 4.58. The lowest BCUT2D eigenvalue weighted by Gasteiger charge is -2.35. The Morgan fingerprint density at radius 3 is 3.16 bits per heavy atom. The fourth-order valence-electron chi connectivity index (χ4n) is 3.30. The summed E-state index contributed by atoms with van der Waals surface area (Å²) >= 11 is 0. The van der Waals surface area contributed by atoms with Gasteiger partial charge in [0, 0.05) is 30.4 Å². The van der Waals surface area contributed by atoms with Crippen molar-refractivity contribution < 1.29 is 0 Å². The molecule has 19 heavy (non-hydrogen) atoms. The zero-order valence-corrected chi connectivity index (χ0v) is 11.9. The summed E-state index contributed by atoms with van der Waals surface area (Å²) in [5.41, 5.74) is 2.70. The summed E-state index contributed by atoms with van der Waals surface area (Å²) in [6.45, 7) is 5.60. The Labute approximate surface area is 115 Å². The largest absolute Gasteiger partial charge is 0.355 e. The molecule has 1 aromatic heterocycles. The van der Waals surface area contributed by atoms with Gasteiger partial charge in [0.15, 0.2) is 0 Å². The van der Waals surface area contributed by atoms with Crippen LogP contribution in [0.25, 0.3) is 0 Å². The molecule has 1 saturated heterocycles. The molecule has 1 aliphatic carbocycles.